The van der Waals surface area contributed by atoms with Crippen LogP contribution in [0.25, 0.3) is 0 Å². The number of carbonyl (C=O) groups excluding carboxylic acids is 6. The minimum atomic E-state index is -3.86. The van der Waals surface area contributed by atoms with Crippen LogP contribution >= 0.6 is 0 Å². The Kier molecular flexibility index (Phi) is 29.5. The van der Waals surface area contributed by atoms with Gasteiger partial charge in [-0.2, -0.15) is 0 Å². The standard InChI is InChI=1S/C52H86N4O40/c1-15(66)54-27-18(68)3-51(49(81)82,94-42(27)30(72)20(70)6-58)93-23(9-61)33(75)43-28(56-26(71)12-64)19(69)4-52(95-43,50(83)84)96-44-38(80)48(90-39-24(10-62)88-46(37(79)35(39)77)85-13-17(5-57)53-14-65)89-25(11-63)40(44)91-45-29(55-16(2)67)41(32(74)22(8-60)86-45)92-47-36(78)34(76)31(73)21(7-59)87-47/h14,17-25,27-48,57-64,68-70,72-80H,3-13H2,1-2H3,(H,53,65)(H,54,66)(H,55,67)(H,56,71)(H,81,82)(H,83,84)/p-2/t17-,18+,19+,20-,21-,22-,23-,24-,25-,27-,28-,29-,30-,31+,32+,33-,34+,35-,36-,37-,38-,39-,40+,41-,42-,43-,44-,45+,46-,47+,48+,51-,52+/m1/s1. The Bertz CT molecular complexity index is 2520. The molecule has 44 heteroatoms. The van der Waals surface area contributed by atoms with Crippen LogP contribution in [0.5, 0.6) is 0 Å². The first-order valence-electron chi connectivity index (χ1n) is 29.7. The van der Waals surface area contributed by atoms with E-state index in [0.29, 0.717) is 0 Å². The van der Waals surface area contributed by atoms with Crippen LogP contribution in [0.2, 0.25) is 0 Å². The summed E-state index contributed by atoms with van der Waals surface area (Å²) in [6.07, 6.45) is -64.8. The van der Waals surface area contributed by atoms with Crippen molar-refractivity contribution in [3.05, 3.63) is 0 Å². The van der Waals surface area contributed by atoms with Gasteiger partial charge in [-0.05, 0) is 0 Å². The van der Waals surface area contributed by atoms with Crippen molar-refractivity contribution in [2.75, 3.05) is 59.5 Å². The number of aliphatic hydroxyl groups excluding tert-OH is 20. The van der Waals surface area contributed by atoms with Crippen molar-refractivity contribution in [1.29, 1.82) is 0 Å². The zero-order valence-electron chi connectivity index (χ0n) is 50.9. The van der Waals surface area contributed by atoms with Crippen molar-refractivity contribution in [2.24, 2.45) is 0 Å². The van der Waals surface area contributed by atoms with E-state index < -0.39 is 303 Å². The molecule has 0 radical (unpaired) electrons. The molecule has 0 aromatic heterocycles. The third-order valence-corrected chi connectivity index (χ3v) is 16.6. The summed E-state index contributed by atoms with van der Waals surface area (Å²) in [6.45, 7) is -8.73. The first-order chi connectivity index (χ1) is 45.3. The number of carboxylic acids is 2. The summed E-state index contributed by atoms with van der Waals surface area (Å²) in [4.78, 5) is 76.4. The number of amides is 4. The van der Waals surface area contributed by atoms with E-state index >= 15 is 0 Å². The summed E-state index contributed by atoms with van der Waals surface area (Å²) in [5.41, 5.74) is 0. The van der Waals surface area contributed by atoms with Crippen LogP contribution in [0.3, 0.4) is 0 Å². The molecular weight excluding hydrogens is 1320 g/mol. The van der Waals surface area contributed by atoms with Crippen molar-refractivity contribution in [3.63, 3.8) is 0 Å². The van der Waals surface area contributed by atoms with Gasteiger partial charge in [0.1, 0.15) is 153 Å². The summed E-state index contributed by atoms with van der Waals surface area (Å²) >= 11 is 0. The van der Waals surface area contributed by atoms with Gasteiger partial charge in [-0.1, -0.05) is 0 Å². The van der Waals surface area contributed by atoms with E-state index in [-0.39, 0.29) is 6.41 Å². The Hall–Kier alpha value is -4.46. The number of carbonyl (C=O) groups is 6. The van der Waals surface area contributed by atoms with Gasteiger partial charge in [0.15, 0.2) is 25.2 Å². The number of nitrogens with one attached hydrogen (secondary N) is 4. The van der Waals surface area contributed by atoms with Crippen molar-refractivity contribution in [1.82, 2.24) is 21.3 Å². The van der Waals surface area contributed by atoms with Gasteiger partial charge in [-0.15, -0.1) is 0 Å². The van der Waals surface area contributed by atoms with E-state index in [2.05, 4.69) is 16.0 Å². The molecule has 0 aliphatic carbocycles. The maximum atomic E-state index is 14.0. The highest BCUT2D eigenvalue weighted by atomic mass is 16.8. The molecule has 0 aromatic rings. The highest BCUT2D eigenvalue weighted by Gasteiger charge is 2.62. The van der Waals surface area contributed by atoms with Gasteiger partial charge in [0, 0.05) is 26.7 Å². The third-order valence-electron chi connectivity index (χ3n) is 16.6. The number of aliphatic hydroxyl groups is 20. The molecule has 6 aliphatic heterocycles. The average molecular weight is 1410 g/mol. The predicted molar refractivity (Wildman–Crippen MR) is 288 cm³/mol. The fourth-order valence-electron chi connectivity index (χ4n) is 11.7. The zero-order valence-corrected chi connectivity index (χ0v) is 50.9. The van der Waals surface area contributed by atoms with Gasteiger partial charge < -0.3 is 200 Å². The normalized spacial score (nSPS) is 42.1. The maximum Gasteiger partial charge on any atom is 0.246 e. The first kappa shape index (κ1) is 80.5. The molecule has 44 nitrogen and oxygen atoms in total. The Balaban J connectivity index is 1.47. The van der Waals surface area contributed by atoms with Crippen LogP contribution in [-0.4, -0.2) is 399 Å². The first-order valence-corrected chi connectivity index (χ1v) is 29.7. The molecule has 6 saturated heterocycles. The molecule has 4 amide bonds. The Morgan fingerprint density at radius 2 is 1.00 bits per heavy atom. The lowest BCUT2D eigenvalue weighted by molar-refractivity contribution is -0.423. The zero-order chi connectivity index (χ0) is 71.6. The topological polar surface area (TPSA) is 712 Å². The molecule has 0 aromatic carbocycles. The second-order valence-corrected chi connectivity index (χ2v) is 23.3. The SMILES string of the molecule is CC(=O)N[C@H]1[C@H](O[C@@H]2[C@H](O[C@]3(C(=O)[O-])C[C@H](O)[C@@H](NC(=O)CO)[C@H]([C@H](O)[C@@H](CO)O[C@]4(C(=O)[O-])C[C@H](O)[C@@H](NC(C)=O)[C@H]([C@H](O)[C@H](O)CO)O4)O3)[C@@H](O)[C@H](O[C@H]3[C@H](O)[C@@H](O)[C@H](OC[C@@H](CO)NC=O)O[C@@H]3CO)O[C@@H]2CO)O[C@H](CO)[C@H](O)[C@@H]1O[C@@H]1O[C@H](CO)[C@H](O)[C@H](O)[C@H]1O. The molecule has 0 saturated carbocycles. The van der Waals surface area contributed by atoms with Crippen LogP contribution in [0.4, 0.5) is 0 Å². The predicted octanol–water partition coefficient (Wildman–Crippen LogP) is -19.8. The molecule has 6 aliphatic rings. The molecule has 6 fully saturated rings. The molecule has 0 bridgehead atoms. The lowest BCUT2D eigenvalue weighted by Gasteiger charge is -2.54. The smallest absolute Gasteiger partial charge is 0.246 e. The third kappa shape index (κ3) is 18.0. The fourth-order valence-corrected chi connectivity index (χ4v) is 11.7. The number of rotatable bonds is 32. The summed E-state index contributed by atoms with van der Waals surface area (Å²) in [5, 5.41) is 254. The number of aliphatic carboxylic acids is 2. The van der Waals surface area contributed by atoms with Gasteiger partial charge in [0.05, 0.1) is 83.2 Å². The van der Waals surface area contributed by atoms with E-state index in [4.69, 9.17) is 56.8 Å². The van der Waals surface area contributed by atoms with E-state index in [1.807, 2.05) is 5.32 Å². The molecular formula is C52H84N4O40-2. The summed E-state index contributed by atoms with van der Waals surface area (Å²) < 4.78 is 69.3. The average Bonchev–Trinajstić information content (AvgIpc) is 0.750. The summed E-state index contributed by atoms with van der Waals surface area (Å²) in [7, 11) is 0. The Morgan fingerprint density at radius 1 is 0.521 bits per heavy atom. The highest BCUT2D eigenvalue weighted by molar-refractivity contribution is 5.78. The summed E-state index contributed by atoms with van der Waals surface area (Å²) in [6, 6.07) is -7.32. The molecule has 24 N–H and O–H groups in total. The van der Waals surface area contributed by atoms with Gasteiger partial charge in [-0.25, -0.2) is 0 Å². The largest absolute Gasteiger partial charge is 0.544 e. The molecule has 0 spiro atoms. The van der Waals surface area contributed by atoms with Gasteiger partial charge in [0.25, 0.3) is 0 Å². The van der Waals surface area contributed by atoms with Crippen LogP contribution in [0.1, 0.15) is 26.7 Å². The lowest BCUT2D eigenvalue weighted by atomic mass is 9.87. The number of ether oxygens (including phenoxy) is 12. The van der Waals surface area contributed by atoms with Crippen LogP contribution in [-0.2, 0) is 85.6 Å². The molecule has 33 atom stereocenters. The Morgan fingerprint density at radius 3 is 1.54 bits per heavy atom. The van der Waals surface area contributed by atoms with E-state index in [9.17, 15) is 141 Å². The van der Waals surface area contributed by atoms with Crippen molar-refractivity contribution in [3.8, 4) is 0 Å². The van der Waals surface area contributed by atoms with Crippen molar-refractivity contribution >= 4 is 36.1 Å². The monoisotopic (exact) mass is 1400 g/mol. The number of carboxylic acid groups (broad SMARTS) is 2. The number of hydrogen-bond donors (Lipinski definition) is 24. The van der Waals surface area contributed by atoms with Crippen LogP contribution < -0.4 is 31.5 Å². The molecule has 96 heavy (non-hydrogen) atoms. The lowest BCUT2D eigenvalue weighted by Crippen LogP contribution is -2.74. The quantitative estimate of drug-likeness (QED) is 0.0278. The fraction of sp³-hybridized carbons (Fsp3) is 0.885. The Labute approximate surface area is 541 Å². The molecule has 0 unspecified atom stereocenters. The maximum absolute atomic E-state index is 14.0. The molecule has 554 valence electrons. The van der Waals surface area contributed by atoms with Crippen LogP contribution in [0, 0.1) is 0 Å². The molecule has 6 heterocycles. The number of hydrogen-bond acceptors (Lipinski definition) is 40. The second-order valence-electron chi connectivity index (χ2n) is 23.3. The summed E-state index contributed by atoms with van der Waals surface area (Å²) in [5.74, 6) is -16.0. The van der Waals surface area contributed by atoms with Gasteiger partial charge >= 0.3 is 0 Å². The highest BCUT2D eigenvalue weighted by Crippen LogP contribution is 2.42. The van der Waals surface area contributed by atoms with Gasteiger partial charge in [-0.3, -0.25) is 19.2 Å². The van der Waals surface area contributed by atoms with E-state index in [0.717, 1.165) is 13.8 Å². The minimum absolute atomic E-state index is 0.193. The van der Waals surface area contributed by atoms with Crippen molar-refractivity contribution in [2.45, 2.75) is 228 Å². The van der Waals surface area contributed by atoms with Crippen LogP contribution in [0.15, 0.2) is 0 Å². The second kappa shape index (κ2) is 35.2. The van der Waals surface area contributed by atoms with E-state index in [1.54, 1.807) is 0 Å². The van der Waals surface area contributed by atoms with E-state index in [1.165, 1.54) is 0 Å². The van der Waals surface area contributed by atoms with Crippen molar-refractivity contribution < 1.29 is 198 Å². The van der Waals surface area contributed by atoms with Gasteiger partial charge in [0.2, 0.25) is 35.7 Å². The minimum Gasteiger partial charge on any atom is -0.544 e. The molecule has 6 rings (SSSR count).